The van der Waals surface area contributed by atoms with Crippen LogP contribution in [0.25, 0.3) is 0 Å². The lowest BCUT2D eigenvalue weighted by Crippen LogP contribution is -2.34. The molecule has 1 N–H and O–H groups in total. The van der Waals surface area contributed by atoms with E-state index in [0.29, 0.717) is 12.6 Å². The Balaban J connectivity index is 1.94. The molecule has 0 aliphatic carbocycles. The number of hydrogen-bond donors (Lipinski definition) is 1. The van der Waals surface area contributed by atoms with Crippen molar-refractivity contribution in [2.24, 2.45) is 0 Å². The van der Waals surface area contributed by atoms with Crippen molar-refractivity contribution in [3.8, 4) is 0 Å². The zero-order chi connectivity index (χ0) is 11.9. The molecule has 0 radical (unpaired) electrons. The quantitative estimate of drug-likeness (QED) is 0.816. The van der Waals surface area contributed by atoms with E-state index in [-0.39, 0.29) is 0 Å². The van der Waals surface area contributed by atoms with Gasteiger partial charge in [-0.15, -0.1) is 0 Å². The van der Waals surface area contributed by atoms with Crippen molar-refractivity contribution in [2.45, 2.75) is 38.1 Å². The molecule has 1 fully saturated rings. The Morgan fingerprint density at radius 3 is 2.47 bits per heavy atom. The second-order valence-electron chi connectivity index (χ2n) is 4.95. The highest BCUT2D eigenvalue weighted by atomic mass is 16.2. The molecule has 1 aromatic rings. The topological polar surface area (TPSA) is 23.5 Å². The molecule has 0 spiro atoms. The molecule has 1 atom stereocenters. The minimum atomic E-state index is 0.319. The Kier molecular flexibility index (Phi) is 5.02. The van der Waals surface area contributed by atoms with Gasteiger partial charge in [-0.05, 0) is 50.8 Å². The van der Waals surface area contributed by atoms with E-state index in [0.717, 1.165) is 19.3 Å². The predicted molar refractivity (Wildman–Crippen MR) is 71.1 cm³/mol. The summed E-state index contributed by atoms with van der Waals surface area (Å²) in [5, 5.41) is 9.01. The maximum Gasteiger partial charge on any atom is 0.0431 e. The van der Waals surface area contributed by atoms with Crippen molar-refractivity contribution >= 4 is 0 Å². The average Bonchev–Trinajstić information content (AvgIpc) is 2.89. The predicted octanol–water partition coefficient (Wildman–Crippen LogP) is 2.47. The normalized spacial score (nSPS) is 18.4. The van der Waals surface area contributed by atoms with Gasteiger partial charge >= 0.3 is 0 Å². The Hall–Kier alpha value is -0.860. The summed E-state index contributed by atoms with van der Waals surface area (Å²) in [4.78, 5) is 2.60. The Morgan fingerprint density at radius 1 is 1.12 bits per heavy atom. The van der Waals surface area contributed by atoms with Gasteiger partial charge in [-0.25, -0.2) is 0 Å². The number of likely N-dealkylation sites (tertiary alicyclic amines) is 1. The van der Waals surface area contributed by atoms with Crippen LogP contribution in [0.2, 0.25) is 0 Å². The number of nitrogens with zero attached hydrogens (tertiary/aromatic N) is 1. The lowest BCUT2D eigenvalue weighted by atomic mass is 10.0. The van der Waals surface area contributed by atoms with Crippen molar-refractivity contribution in [3.05, 3.63) is 35.9 Å². The van der Waals surface area contributed by atoms with E-state index in [2.05, 4.69) is 35.2 Å². The maximum absolute atomic E-state index is 9.01. The lowest BCUT2D eigenvalue weighted by molar-refractivity contribution is 0.204. The van der Waals surface area contributed by atoms with Gasteiger partial charge in [0.1, 0.15) is 0 Å². The summed E-state index contributed by atoms with van der Waals surface area (Å²) in [5.41, 5.74) is 1.42. The van der Waals surface area contributed by atoms with E-state index in [9.17, 15) is 0 Å². The molecule has 0 aromatic heterocycles. The van der Waals surface area contributed by atoms with Crippen LogP contribution < -0.4 is 0 Å². The summed E-state index contributed by atoms with van der Waals surface area (Å²) in [5.74, 6) is 0. The molecule has 1 aromatic carbocycles. The van der Waals surface area contributed by atoms with E-state index in [4.69, 9.17) is 5.11 Å². The molecular formula is C15H23NO. The summed E-state index contributed by atoms with van der Waals surface area (Å²) >= 11 is 0. The van der Waals surface area contributed by atoms with E-state index < -0.39 is 0 Å². The summed E-state index contributed by atoms with van der Waals surface area (Å²) in [6.07, 6.45) is 5.84. The van der Waals surface area contributed by atoms with Gasteiger partial charge in [0.15, 0.2) is 0 Å². The van der Waals surface area contributed by atoms with Crippen LogP contribution in [0.4, 0.5) is 0 Å². The van der Waals surface area contributed by atoms with Gasteiger partial charge in [0, 0.05) is 12.6 Å². The highest BCUT2D eigenvalue weighted by molar-refractivity contribution is 5.16. The monoisotopic (exact) mass is 233 g/mol. The zero-order valence-electron chi connectivity index (χ0n) is 10.5. The molecule has 1 unspecified atom stereocenters. The van der Waals surface area contributed by atoms with Gasteiger partial charge in [0.2, 0.25) is 0 Å². The van der Waals surface area contributed by atoms with Gasteiger partial charge in [-0.3, -0.25) is 0 Å². The van der Waals surface area contributed by atoms with Gasteiger partial charge in [-0.2, -0.15) is 0 Å². The highest BCUT2D eigenvalue weighted by Gasteiger charge is 2.21. The van der Waals surface area contributed by atoms with Crippen LogP contribution in [-0.2, 0) is 6.42 Å². The van der Waals surface area contributed by atoms with Crippen molar-refractivity contribution in [2.75, 3.05) is 19.7 Å². The van der Waals surface area contributed by atoms with E-state index in [1.807, 2.05) is 0 Å². The number of aliphatic hydroxyl groups is 1. The Labute approximate surface area is 104 Å². The van der Waals surface area contributed by atoms with Crippen LogP contribution in [0.3, 0.4) is 0 Å². The summed E-state index contributed by atoms with van der Waals surface area (Å²) in [7, 11) is 0. The van der Waals surface area contributed by atoms with Crippen molar-refractivity contribution in [3.63, 3.8) is 0 Å². The molecular weight excluding hydrogens is 210 g/mol. The maximum atomic E-state index is 9.01. The van der Waals surface area contributed by atoms with Crippen LogP contribution in [0.5, 0.6) is 0 Å². The Morgan fingerprint density at radius 2 is 1.82 bits per heavy atom. The summed E-state index contributed by atoms with van der Waals surface area (Å²) < 4.78 is 0. The molecule has 94 valence electrons. The number of rotatable bonds is 6. The molecule has 0 bridgehead atoms. The molecule has 0 saturated carbocycles. The molecule has 0 amide bonds. The fraction of sp³-hybridized carbons (Fsp3) is 0.600. The first-order chi connectivity index (χ1) is 8.40. The second kappa shape index (κ2) is 6.77. The molecule has 1 saturated heterocycles. The third-order valence-electron chi connectivity index (χ3n) is 3.67. The van der Waals surface area contributed by atoms with Crippen LogP contribution in [-0.4, -0.2) is 35.7 Å². The van der Waals surface area contributed by atoms with E-state index in [1.165, 1.54) is 31.5 Å². The Bertz CT molecular complexity index is 306. The van der Waals surface area contributed by atoms with Gasteiger partial charge in [-0.1, -0.05) is 30.3 Å². The third-order valence-corrected chi connectivity index (χ3v) is 3.67. The molecule has 1 aliphatic heterocycles. The molecule has 17 heavy (non-hydrogen) atoms. The standard InChI is InChI=1S/C15H23NO/c17-12-6-9-15(16-10-4-5-11-16)13-14-7-2-1-3-8-14/h1-3,7-8,15,17H,4-6,9-13H2. The molecule has 1 heterocycles. The van der Waals surface area contributed by atoms with Gasteiger partial charge in [0.05, 0.1) is 0 Å². The first kappa shape index (κ1) is 12.6. The zero-order valence-corrected chi connectivity index (χ0v) is 10.5. The number of hydrogen-bond acceptors (Lipinski definition) is 2. The fourth-order valence-electron chi connectivity index (χ4n) is 2.73. The van der Waals surface area contributed by atoms with Crippen molar-refractivity contribution in [1.29, 1.82) is 0 Å². The van der Waals surface area contributed by atoms with Crippen LogP contribution in [0, 0.1) is 0 Å². The fourth-order valence-corrected chi connectivity index (χ4v) is 2.73. The summed E-state index contributed by atoms with van der Waals surface area (Å²) in [6.45, 7) is 2.80. The third kappa shape index (κ3) is 3.83. The van der Waals surface area contributed by atoms with E-state index in [1.54, 1.807) is 0 Å². The number of benzene rings is 1. The minimum absolute atomic E-state index is 0.319. The molecule has 2 nitrogen and oxygen atoms in total. The second-order valence-corrected chi connectivity index (χ2v) is 4.95. The first-order valence-corrected chi connectivity index (χ1v) is 6.79. The minimum Gasteiger partial charge on any atom is -0.396 e. The van der Waals surface area contributed by atoms with Crippen molar-refractivity contribution in [1.82, 2.24) is 4.90 Å². The smallest absolute Gasteiger partial charge is 0.0431 e. The van der Waals surface area contributed by atoms with Gasteiger partial charge < -0.3 is 10.0 Å². The van der Waals surface area contributed by atoms with Crippen LogP contribution in [0.15, 0.2) is 30.3 Å². The highest BCUT2D eigenvalue weighted by Crippen LogP contribution is 2.19. The largest absolute Gasteiger partial charge is 0.396 e. The van der Waals surface area contributed by atoms with Crippen LogP contribution in [0.1, 0.15) is 31.2 Å². The van der Waals surface area contributed by atoms with Crippen LogP contribution >= 0.6 is 0 Å². The first-order valence-electron chi connectivity index (χ1n) is 6.79. The SMILES string of the molecule is OCCCC(Cc1ccccc1)N1CCCC1. The molecule has 1 aliphatic rings. The summed E-state index contributed by atoms with van der Waals surface area (Å²) in [6, 6.07) is 11.3. The molecule has 2 rings (SSSR count). The van der Waals surface area contributed by atoms with Gasteiger partial charge in [0.25, 0.3) is 0 Å². The molecule has 2 heteroatoms. The number of aliphatic hydroxyl groups excluding tert-OH is 1. The van der Waals surface area contributed by atoms with E-state index >= 15 is 0 Å². The van der Waals surface area contributed by atoms with Crippen molar-refractivity contribution < 1.29 is 5.11 Å². The lowest BCUT2D eigenvalue weighted by Gasteiger charge is -2.27. The average molecular weight is 233 g/mol.